The predicted molar refractivity (Wildman–Crippen MR) is 128 cm³/mol. The maximum Gasteiger partial charge on any atom is 0.330 e. The number of aliphatic hydroxyl groups is 2. The minimum Gasteiger partial charge on any atom is -0.462 e. The molecule has 1 aliphatic heterocycles. The van der Waals surface area contributed by atoms with E-state index >= 15 is 0 Å². The number of rotatable bonds is 10. The van der Waals surface area contributed by atoms with Crippen LogP contribution in [0.1, 0.15) is 27.0 Å². The zero-order chi connectivity index (χ0) is 25.8. The van der Waals surface area contributed by atoms with Crippen molar-refractivity contribution in [1.82, 2.24) is 14.6 Å². The highest BCUT2D eigenvalue weighted by atomic mass is 32.5. The van der Waals surface area contributed by atoms with Gasteiger partial charge in [-0.1, -0.05) is 18.2 Å². The largest absolute Gasteiger partial charge is 0.462 e. The second kappa shape index (κ2) is 11.1. The van der Waals surface area contributed by atoms with E-state index in [9.17, 15) is 24.6 Å². The van der Waals surface area contributed by atoms with Gasteiger partial charge in [-0.15, -0.1) is 0 Å². The maximum atomic E-state index is 12.2. The van der Waals surface area contributed by atoms with Crippen molar-refractivity contribution in [1.29, 1.82) is 0 Å². The molecule has 0 saturated carbocycles. The van der Waals surface area contributed by atoms with Crippen LogP contribution in [0.4, 0.5) is 0 Å². The number of carbonyl (C=O) groups excluding carboxylic acids is 1. The Hall–Kier alpha value is -2.38. The summed E-state index contributed by atoms with van der Waals surface area (Å²) < 4.78 is 23.4. The lowest BCUT2D eigenvalue weighted by molar-refractivity contribution is -0.145. The van der Waals surface area contributed by atoms with Crippen molar-refractivity contribution in [3.8, 4) is 5.75 Å². The number of para-hydroxylation sites is 1. The first-order valence-electron chi connectivity index (χ1n) is 10.7. The summed E-state index contributed by atoms with van der Waals surface area (Å²) in [5, 5.41) is 24.3. The van der Waals surface area contributed by atoms with Crippen molar-refractivity contribution in [2.45, 2.75) is 50.9 Å². The minimum atomic E-state index is -3.37. The summed E-state index contributed by atoms with van der Waals surface area (Å²) in [6.45, 7) is 0.698. The van der Waals surface area contributed by atoms with Crippen molar-refractivity contribution in [3.05, 3.63) is 63.4 Å². The van der Waals surface area contributed by atoms with Gasteiger partial charge in [-0.05, 0) is 44.7 Å². The van der Waals surface area contributed by atoms with E-state index in [4.69, 9.17) is 30.3 Å². The Bertz CT molecular complexity index is 1180. The fourth-order valence-electron chi connectivity index (χ4n) is 3.35. The first kappa shape index (κ1) is 27.2. The van der Waals surface area contributed by atoms with E-state index in [1.54, 1.807) is 44.2 Å². The number of esters is 1. The molecule has 192 valence electrons. The van der Waals surface area contributed by atoms with Crippen molar-refractivity contribution >= 4 is 24.4 Å². The van der Waals surface area contributed by atoms with E-state index in [-0.39, 0.29) is 19.3 Å². The first-order chi connectivity index (χ1) is 16.4. The molecule has 1 unspecified atom stereocenters. The number of aromatic amines is 1. The Morgan fingerprint density at radius 3 is 2.63 bits per heavy atom. The molecule has 0 radical (unpaired) electrons. The van der Waals surface area contributed by atoms with Crippen LogP contribution in [0.25, 0.3) is 0 Å². The summed E-state index contributed by atoms with van der Waals surface area (Å²) in [5.74, 6) is -0.176. The Kier molecular flexibility index (Phi) is 8.65. The third-order valence-corrected chi connectivity index (χ3v) is 7.43. The van der Waals surface area contributed by atoms with Crippen LogP contribution < -0.4 is 20.9 Å². The lowest BCUT2D eigenvalue weighted by atomic mass is 9.96. The van der Waals surface area contributed by atoms with Gasteiger partial charge in [0.1, 0.15) is 30.1 Å². The van der Waals surface area contributed by atoms with Gasteiger partial charge in [0.15, 0.2) is 6.23 Å². The third-order valence-electron chi connectivity index (χ3n) is 5.02. The SMILES string of the molecule is CC(C)OC(=O)CNP(=S)(OC[C@H]1O[C@@H](n2ccc(=O)[nH]c2=O)[C@](C)(O)[C@@H]1O)Oc1ccccc1. The molecule has 1 saturated heterocycles. The molecule has 4 N–H and O–H groups in total. The number of H-pyrrole nitrogens is 1. The first-order valence-corrected chi connectivity index (χ1v) is 13.4. The summed E-state index contributed by atoms with van der Waals surface area (Å²) in [6, 6.07) is 9.65. The van der Waals surface area contributed by atoms with Crippen LogP contribution in [-0.2, 0) is 30.6 Å². The molecule has 1 aromatic carbocycles. The van der Waals surface area contributed by atoms with E-state index in [0.717, 1.165) is 16.8 Å². The zero-order valence-corrected chi connectivity index (χ0v) is 21.0. The molecule has 0 aliphatic carbocycles. The highest BCUT2D eigenvalue weighted by Gasteiger charge is 2.53. The summed E-state index contributed by atoms with van der Waals surface area (Å²) in [4.78, 5) is 37.7. The predicted octanol–water partition coefficient (Wildman–Crippen LogP) is 0.407. The highest BCUT2D eigenvalue weighted by molar-refractivity contribution is 8.09. The van der Waals surface area contributed by atoms with Gasteiger partial charge >= 0.3 is 18.3 Å². The van der Waals surface area contributed by atoms with Gasteiger partial charge in [0, 0.05) is 12.3 Å². The lowest BCUT2D eigenvalue weighted by Crippen LogP contribution is -2.46. The molecular weight excluding hydrogens is 501 g/mol. The smallest absolute Gasteiger partial charge is 0.330 e. The number of ether oxygens (including phenoxy) is 2. The topological polar surface area (TPSA) is 161 Å². The molecular formula is C21H28N3O9PS. The minimum absolute atomic E-state index is 0.288. The Morgan fingerprint density at radius 1 is 1.31 bits per heavy atom. The van der Waals surface area contributed by atoms with Gasteiger partial charge in [-0.2, -0.15) is 0 Å². The van der Waals surface area contributed by atoms with Crippen molar-refractivity contribution in [2.24, 2.45) is 0 Å². The van der Waals surface area contributed by atoms with Crippen LogP contribution >= 0.6 is 6.64 Å². The molecule has 1 aromatic heterocycles. The fraction of sp³-hybridized carbons (Fsp3) is 0.476. The molecule has 0 bridgehead atoms. The van der Waals surface area contributed by atoms with Crippen LogP contribution in [0.2, 0.25) is 0 Å². The van der Waals surface area contributed by atoms with Crippen LogP contribution in [-0.4, -0.2) is 62.8 Å². The molecule has 5 atom stereocenters. The number of carbonyl (C=O) groups is 1. The molecule has 0 spiro atoms. The molecule has 35 heavy (non-hydrogen) atoms. The monoisotopic (exact) mass is 529 g/mol. The average molecular weight is 530 g/mol. The summed E-state index contributed by atoms with van der Waals surface area (Å²) in [6.07, 6.45) is -3.11. The molecule has 2 heterocycles. The maximum absolute atomic E-state index is 12.2. The van der Waals surface area contributed by atoms with Gasteiger partial charge in [-0.3, -0.25) is 19.1 Å². The molecule has 12 nitrogen and oxygen atoms in total. The Balaban J connectivity index is 1.76. The van der Waals surface area contributed by atoms with Gasteiger partial charge in [0.05, 0.1) is 12.7 Å². The fourth-order valence-corrected chi connectivity index (χ4v) is 5.26. The Labute approximate surface area is 206 Å². The van der Waals surface area contributed by atoms with Crippen LogP contribution in [0, 0.1) is 0 Å². The number of aromatic nitrogens is 2. The van der Waals surface area contributed by atoms with Crippen molar-refractivity contribution in [3.63, 3.8) is 0 Å². The summed E-state index contributed by atoms with van der Waals surface area (Å²) in [7, 11) is 0. The molecule has 1 aliphatic rings. The van der Waals surface area contributed by atoms with E-state index in [0.29, 0.717) is 5.75 Å². The van der Waals surface area contributed by atoms with Gasteiger partial charge in [0.25, 0.3) is 5.56 Å². The summed E-state index contributed by atoms with van der Waals surface area (Å²) in [5.41, 5.74) is -3.35. The number of aliphatic hydroxyl groups excluding tert-OH is 1. The number of nitrogens with one attached hydrogen (secondary N) is 2. The lowest BCUT2D eigenvalue weighted by Gasteiger charge is -2.27. The number of nitrogens with zero attached hydrogens (tertiary/aromatic N) is 1. The quantitative estimate of drug-likeness (QED) is 0.249. The third kappa shape index (κ3) is 6.85. The van der Waals surface area contributed by atoms with Gasteiger partial charge in [-0.25, -0.2) is 9.88 Å². The number of hydrogen-bond donors (Lipinski definition) is 4. The second-order valence-electron chi connectivity index (χ2n) is 8.29. The number of benzene rings is 1. The van der Waals surface area contributed by atoms with E-state index in [1.807, 2.05) is 0 Å². The average Bonchev–Trinajstić information content (AvgIpc) is 3.00. The van der Waals surface area contributed by atoms with Crippen LogP contribution in [0.15, 0.2) is 52.2 Å². The number of hydrogen-bond acceptors (Lipinski definition) is 10. The van der Waals surface area contributed by atoms with E-state index in [1.165, 1.54) is 6.92 Å². The van der Waals surface area contributed by atoms with Crippen molar-refractivity contribution < 1.29 is 33.5 Å². The van der Waals surface area contributed by atoms with E-state index < -0.39 is 47.9 Å². The van der Waals surface area contributed by atoms with Gasteiger partial charge in [0.2, 0.25) is 0 Å². The molecule has 1 fully saturated rings. The van der Waals surface area contributed by atoms with Gasteiger partial charge < -0.3 is 28.7 Å². The molecule has 3 rings (SSSR count). The molecule has 0 amide bonds. The molecule has 2 aromatic rings. The van der Waals surface area contributed by atoms with Crippen LogP contribution in [0.3, 0.4) is 0 Å². The zero-order valence-electron chi connectivity index (χ0n) is 19.3. The standard InChI is InChI=1S/C21H28N3O9PS/c1-13(2)31-17(26)11-22-34(35,33-14-7-5-4-6-8-14)30-12-15-18(27)21(3,29)19(32-15)24-10-9-16(25)23-20(24)28/h4-10,13,15,18-19,27,29H,11-12H2,1-3H3,(H,22,35)(H,23,25,28)/t15-,18-,19-,21-,34?/m1/s1. The molecule has 14 heteroatoms. The summed E-state index contributed by atoms with van der Waals surface area (Å²) >= 11 is 5.56. The normalized spacial score (nSPS) is 25.8. The van der Waals surface area contributed by atoms with Crippen LogP contribution in [0.5, 0.6) is 5.75 Å². The highest BCUT2D eigenvalue weighted by Crippen LogP contribution is 2.46. The van der Waals surface area contributed by atoms with Crippen molar-refractivity contribution in [2.75, 3.05) is 13.2 Å². The Morgan fingerprint density at radius 2 is 2.00 bits per heavy atom. The second-order valence-corrected chi connectivity index (χ2v) is 11.5. The van der Waals surface area contributed by atoms with E-state index in [2.05, 4.69) is 10.1 Å².